The molecule has 0 aliphatic rings. The van der Waals surface area contributed by atoms with Gasteiger partial charge in [0.1, 0.15) is 29.2 Å². The van der Waals surface area contributed by atoms with Crippen molar-refractivity contribution in [2.24, 2.45) is 0 Å². The SMILES string of the molecule is C=C(Nc1ccc(COC)cn1)c1cc(OC(C)COC)cc(OC(C)Cc2cccc(OC)c2)c1. The van der Waals surface area contributed by atoms with Crippen LogP contribution in [0.15, 0.2) is 67.4 Å². The minimum absolute atomic E-state index is 0.0761. The molecule has 0 saturated carbocycles. The normalized spacial score (nSPS) is 12.5. The molecule has 0 spiro atoms. The Morgan fingerprint density at radius 2 is 1.61 bits per heavy atom. The number of ether oxygens (including phenoxy) is 5. The van der Waals surface area contributed by atoms with Gasteiger partial charge in [0.25, 0.3) is 0 Å². The van der Waals surface area contributed by atoms with E-state index in [2.05, 4.69) is 22.9 Å². The Labute approximate surface area is 214 Å². The Balaban J connectivity index is 1.78. The summed E-state index contributed by atoms with van der Waals surface area (Å²) in [7, 11) is 4.98. The first-order chi connectivity index (χ1) is 17.4. The van der Waals surface area contributed by atoms with Crippen molar-refractivity contribution in [1.82, 2.24) is 4.98 Å². The molecular formula is C29H36N2O5. The van der Waals surface area contributed by atoms with Gasteiger partial charge in [0, 0.05) is 44.2 Å². The Bertz CT molecular complexity index is 1120. The Hall–Kier alpha value is -3.55. The van der Waals surface area contributed by atoms with Crippen LogP contribution in [-0.4, -0.2) is 45.1 Å². The number of methoxy groups -OCH3 is 3. The highest BCUT2D eigenvalue weighted by molar-refractivity contribution is 5.75. The number of benzene rings is 2. The lowest BCUT2D eigenvalue weighted by Gasteiger charge is -2.20. The molecule has 1 aromatic heterocycles. The molecular weight excluding hydrogens is 456 g/mol. The number of nitrogens with one attached hydrogen (secondary N) is 1. The molecule has 2 aromatic carbocycles. The number of hydrogen-bond acceptors (Lipinski definition) is 7. The Morgan fingerprint density at radius 1 is 0.861 bits per heavy atom. The first kappa shape index (κ1) is 27.0. The molecule has 0 fully saturated rings. The number of rotatable bonds is 14. The molecule has 0 amide bonds. The minimum Gasteiger partial charge on any atom is -0.497 e. The molecule has 0 aliphatic heterocycles. The Morgan fingerprint density at radius 3 is 2.25 bits per heavy atom. The van der Waals surface area contributed by atoms with Crippen LogP contribution in [0.5, 0.6) is 17.2 Å². The van der Waals surface area contributed by atoms with E-state index in [1.807, 2.05) is 62.4 Å². The van der Waals surface area contributed by atoms with Crippen LogP contribution in [0, 0.1) is 0 Å². The van der Waals surface area contributed by atoms with E-state index in [1.165, 1.54) is 0 Å². The molecule has 1 N–H and O–H groups in total. The maximum atomic E-state index is 6.31. The van der Waals surface area contributed by atoms with Crippen LogP contribution in [0.1, 0.15) is 30.5 Å². The van der Waals surface area contributed by atoms with Gasteiger partial charge >= 0.3 is 0 Å². The predicted molar refractivity (Wildman–Crippen MR) is 143 cm³/mol. The quantitative estimate of drug-likeness (QED) is 0.308. The third kappa shape index (κ3) is 8.29. The van der Waals surface area contributed by atoms with Crippen LogP contribution in [0.2, 0.25) is 0 Å². The zero-order valence-corrected chi connectivity index (χ0v) is 21.7. The average Bonchev–Trinajstić information content (AvgIpc) is 2.85. The van der Waals surface area contributed by atoms with E-state index in [9.17, 15) is 0 Å². The summed E-state index contributed by atoms with van der Waals surface area (Å²) in [6, 6.07) is 17.6. The molecule has 2 unspecified atom stereocenters. The zero-order valence-electron chi connectivity index (χ0n) is 21.7. The van der Waals surface area contributed by atoms with Crippen molar-refractivity contribution >= 4 is 11.5 Å². The number of aromatic nitrogens is 1. The molecule has 0 saturated heterocycles. The lowest BCUT2D eigenvalue weighted by atomic mass is 10.1. The van der Waals surface area contributed by atoms with E-state index in [4.69, 9.17) is 23.7 Å². The van der Waals surface area contributed by atoms with Gasteiger partial charge in [-0.3, -0.25) is 0 Å². The third-order valence-electron chi connectivity index (χ3n) is 5.38. The molecule has 3 aromatic rings. The van der Waals surface area contributed by atoms with E-state index in [-0.39, 0.29) is 12.2 Å². The molecule has 0 bridgehead atoms. The second kappa shape index (κ2) is 13.5. The number of hydrogen-bond donors (Lipinski definition) is 1. The smallest absolute Gasteiger partial charge is 0.130 e. The van der Waals surface area contributed by atoms with Crippen molar-refractivity contribution < 1.29 is 23.7 Å². The maximum absolute atomic E-state index is 6.31. The first-order valence-corrected chi connectivity index (χ1v) is 11.9. The van der Waals surface area contributed by atoms with E-state index < -0.39 is 0 Å². The molecule has 0 aliphatic carbocycles. The van der Waals surface area contributed by atoms with Gasteiger partial charge in [0.05, 0.1) is 26.4 Å². The molecule has 192 valence electrons. The highest BCUT2D eigenvalue weighted by atomic mass is 16.5. The predicted octanol–water partition coefficient (Wildman–Crippen LogP) is 5.74. The lowest BCUT2D eigenvalue weighted by molar-refractivity contribution is 0.0917. The minimum atomic E-state index is -0.122. The maximum Gasteiger partial charge on any atom is 0.130 e. The van der Waals surface area contributed by atoms with E-state index >= 15 is 0 Å². The summed E-state index contributed by atoms with van der Waals surface area (Å²) < 4.78 is 28.1. The molecule has 7 nitrogen and oxygen atoms in total. The van der Waals surface area contributed by atoms with Gasteiger partial charge in [-0.2, -0.15) is 0 Å². The average molecular weight is 493 g/mol. The largest absolute Gasteiger partial charge is 0.497 e. The monoisotopic (exact) mass is 492 g/mol. The van der Waals surface area contributed by atoms with Crippen LogP contribution in [0.25, 0.3) is 5.70 Å². The second-order valence-electron chi connectivity index (χ2n) is 8.65. The van der Waals surface area contributed by atoms with Gasteiger partial charge in [-0.15, -0.1) is 0 Å². The van der Waals surface area contributed by atoms with Crippen molar-refractivity contribution in [1.29, 1.82) is 0 Å². The van der Waals surface area contributed by atoms with Crippen molar-refractivity contribution in [3.63, 3.8) is 0 Å². The van der Waals surface area contributed by atoms with Crippen LogP contribution < -0.4 is 19.5 Å². The fourth-order valence-corrected chi connectivity index (χ4v) is 3.77. The third-order valence-corrected chi connectivity index (χ3v) is 5.38. The van der Waals surface area contributed by atoms with Gasteiger partial charge in [0.2, 0.25) is 0 Å². The van der Waals surface area contributed by atoms with Crippen LogP contribution >= 0.6 is 0 Å². The highest BCUT2D eigenvalue weighted by Crippen LogP contribution is 2.29. The van der Waals surface area contributed by atoms with Gasteiger partial charge in [0.15, 0.2) is 0 Å². The van der Waals surface area contributed by atoms with Crippen LogP contribution in [0.3, 0.4) is 0 Å². The fraction of sp³-hybridized carbons (Fsp3) is 0.345. The summed E-state index contributed by atoms with van der Waals surface area (Å²) in [5.74, 6) is 2.88. The number of nitrogens with zero attached hydrogens (tertiary/aromatic N) is 1. The Kier molecular flexibility index (Phi) is 10.2. The highest BCUT2D eigenvalue weighted by Gasteiger charge is 2.13. The molecule has 36 heavy (non-hydrogen) atoms. The van der Waals surface area contributed by atoms with Crippen LogP contribution in [-0.2, 0) is 22.5 Å². The molecule has 2 atom stereocenters. The van der Waals surface area contributed by atoms with Crippen molar-refractivity contribution in [2.45, 2.75) is 39.1 Å². The lowest BCUT2D eigenvalue weighted by Crippen LogP contribution is -2.19. The van der Waals surface area contributed by atoms with Crippen molar-refractivity contribution in [3.8, 4) is 17.2 Å². The zero-order chi connectivity index (χ0) is 25.9. The molecule has 1 heterocycles. The fourth-order valence-electron chi connectivity index (χ4n) is 3.77. The topological polar surface area (TPSA) is 71.1 Å². The summed E-state index contributed by atoms with van der Waals surface area (Å²) in [5, 5.41) is 3.27. The van der Waals surface area contributed by atoms with E-state index in [0.717, 1.165) is 28.9 Å². The van der Waals surface area contributed by atoms with Crippen molar-refractivity contribution in [2.75, 3.05) is 33.3 Å². The van der Waals surface area contributed by atoms with Crippen LogP contribution in [0.4, 0.5) is 5.82 Å². The van der Waals surface area contributed by atoms with Gasteiger partial charge < -0.3 is 29.0 Å². The molecule has 3 rings (SSSR count). The molecule has 7 heteroatoms. The van der Waals surface area contributed by atoms with Gasteiger partial charge in [-0.25, -0.2) is 4.98 Å². The standard InChI is InChI=1S/C29H36N2O5/c1-20(12-23-8-7-9-26(13-23)34-6)35-27-14-25(15-28(16-27)36-21(2)18-32-4)22(3)31-29-11-10-24(17-30-29)19-33-5/h7-11,13-17,20-21H,3,12,18-19H2,1-2,4-6H3,(H,30,31). The number of anilines is 1. The summed E-state index contributed by atoms with van der Waals surface area (Å²) in [6.07, 6.45) is 2.31. The van der Waals surface area contributed by atoms with Gasteiger partial charge in [-0.1, -0.05) is 24.8 Å². The van der Waals surface area contributed by atoms with Gasteiger partial charge in [-0.05, 0) is 55.3 Å². The summed E-state index contributed by atoms with van der Waals surface area (Å²) in [5.41, 5.74) is 3.65. The summed E-state index contributed by atoms with van der Waals surface area (Å²) in [4.78, 5) is 4.45. The van der Waals surface area contributed by atoms with Crippen molar-refractivity contribution in [3.05, 3.63) is 84.1 Å². The second-order valence-corrected chi connectivity index (χ2v) is 8.65. The summed E-state index contributed by atoms with van der Waals surface area (Å²) in [6.45, 7) is 9.21. The first-order valence-electron chi connectivity index (χ1n) is 11.9. The van der Waals surface area contributed by atoms with E-state index in [0.29, 0.717) is 36.2 Å². The summed E-state index contributed by atoms with van der Waals surface area (Å²) >= 11 is 0. The number of pyridine rings is 1. The van der Waals surface area contributed by atoms with E-state index in [1.54, 1.807) is 27.5 Å². The molecule has 0 radical (unpaired) electrons.